The summed E-state index contributed by atoms with van der Waals surface area (Å²) in [4.78, 5) is 0. The molecule has 0 unspecified atom stereocenters. The van der Waals surface area contributed by atoms with Crippen LogP contribution in [0.1, 0.15) is 34.6 Å². The molecule has 0 fully saturated rings. The molecule has 70 valence electrons. The zero-order valence-corrected chi connectivity index (χ0v) is 9.48. The van der Waals surface area contributed by atoms with Crippen molar-refractivity contribution in [3.05, 3.63) is 22.8 Å². The normalized spacial score (nSPS) is 21.4. The average molecular weight is 308 g/mol. The molecule has 0 aromatic carbocycles. The smallest absolute Gasteiger partial charge is 0 e. The molecule has 0 aromatic heterocycles. The predicted molar refractivity (Wildman–Crippen MR) is 44.6 cm³/mol. The van der Waals surface area contributed by atoms with Gasteiger partial charge < -0.3 is 0 Å². The van der Waals surface area contributed by atoms with Gasteiger partial charge in [-0.25, -0.2) is 5.57 Å². The molecule has 0 saturated carbocycles. The fourth-order valence-corrected chi connectivity index (χ4v) is 1.41. The monoisotopic (exact) mass is 309 g/mol. The molecule has 0 aromatic rings. The average Bonchev–Trinajstić information content (AvgIpc) is 1.95. The van der Waals surface area contributed by atoms with Crippen molar-refractivity contribution in [1.29, 1.82) is 0 Å². The number of rotatable bonds is 0. The molecule has 1 rings (SSSR count). The fourth-order valence-electron chi connectivity index (χ4n) is 1.41. The number of hydrogen-bond donors (Lipinski definition) is 0. The quantitative estimate of drug-likeness (QED) is 0.603. The molecule has 1 aliphatic carbocycles. The van der Waals surface area contributed by atoms with Crippen molar-refractivity contribution < 1.29 is 46.9 Å². The Hall–Kier alpha value is 0.999. The van der Waals surface area contributed by atoms with Crippen LogP contribution in [0.25, 0.3) is 0 Å². The van der Waals surface area contributed by atoms with Crippen LogP contribution < -0.4 is 0 Å². The molecule has 1 aliphatic rings. The van der Waals surface area contributed by atoms with Crippen LogP contribution in [0.15, 0.2) is 16.7 Å². The molecular weight excluding hydrogens is 293 g/mol. The molecule has 0 radical (unpaired) electrons. The van der Waals surface area contributed by atoms with E-state index < -0.39 is 0 Å². The molecule has 0 N–H and O–H groups in total. The summed E-state index contributed by atoms with van der Waals surface area (Å²) in [5, 5.41) is 0. The maximum Gasteiger partial charge on any atom is 0 e. The van der Waals surface area contributed by atoms with E-state index in [0.717, 1.165) is 0 Å². The first-order valence-electron chi connectivity index (χ1n) is 3.75. The van der Waals surface area contributed by atoms with Crippen molar-refractivity contribution in [1.82, 2.24) is 0 Å². The van der Waals surface area contributed by atoms with Crippen LogP contribution in [0.4, 0.5) is 0 Å². The zero-order chi connectivity index (χ0) is 7.94. The van der Waals surface area contributed by atoms with Crippen molar-refractivity contribution in [2.75, 3.05) is 0 Å². The Labute approximate surface area is 108 Å². The standard InChI is InChI=1S/C10H15.Yb/c1-7-6-10(4,5)9(3)8(7)2;/h1-5H3;/q-1;. The van der Waals surface area contributed by atoms with Gasteiger partial charge in [0.05, 0.1) is 0 Å². The van der Waals surface area contributed by atoms with Gasteiger partial charge in [0.1, 0.15) is 0 Å². The van der Waals surface area contributed by atoms with Gasteiger partial charge in [-0.1, -0.05) is 33.1 Å². The molecule has 0 heterocycles. The summed E-state index contributed by atoms with van der Waals surface area (Å²) in [5.74, 6) is 0. The first-order valence-corrected chi connectivity index (χ1v) is 3.75. The Morgan fingerprint density at radius 3 is 1.64 bits per heavy atom. The van der Waals surface area contributed by atoms with Gasteiger partial charge in [-0.15, -0.1) is 6.92 Å². The molecule has 0 atom stereocenters. The Kier molecular flexibility index (Phi) is 4.15. The third kappa shape index (κ3) is 2.23. The zero-order valence-electron chi connectivity index (χ0n) is 7.77. The van der Waals surface area contributed by atoms with E-state index in [2.05, 4.69) is 40.7 Å². The van der Waals surface area contributed by atoms with Gasteiger partial charge in [-0.2, -0.15) is 11.1 Å². The van der Waals surface area contributed by atoms with Crippen LogP contribution in [-0.2, 0) is 0 Å². The van der Waals surface area contributed by atoms with Gasteiger partial charge in [0.2, 0.25) is 0 Å². The van der Waals surface area contributed by atoms with E-state index in [-0.39, 0.29) is 52.3 Å². The summed E-state index contributed by atoms with van der Waals surface area (Å²) in [6.45, 7) is 10.9. The van der Waals surface area contributed by atoms with E-state index in [1.165, 1.54) is 16.7 Å². The number of hydrogen-bond acceptors (Lipinski definition) is 0. The van der Waals surface area contributed by atoms with Crippen molar-refractivity contribution in [2.24, 2.45) is 5.41 Å². The van der Waals surface area contributed by atoms with Crippen LogP contribution in [0.5, 0.6) is 0 Å². The summed E-state index contributed by atoms with van der Waals surface area (Å²) in [6.07, 6.45) is 3.44. The molecule has 0 saturated heterocycles. The maximum absolute atomic E-state index is 3.44. The Balaban J connectivity index is 0.000001000. The summed E-state index contributed by atoms with van der Waals surface area (Å²) in [7, 11) is 0. The molecule has 11 heavy (non-hydrogen) atoms. The Morgan fingerprint density at radius 2 is 1.55 bits per heavy atom. The van der Waals surface area contributed by atoms with Gasteiger partial charge in [-0.3, -0.25) is 6.08 Å². The Morgan fingerprint density at radius 1 is 1.09 bits per heavy atom. The Bertz CT molecular complexity index is 219. The summed E-state index contributed by atoms with van der Waals surface area (Å²) < 4.78 is 0. The van der Waals surface area contributed by atoms with Crippen LogP contribution in [0, 0.1) is 58.4 Å². The fraction of sp³-hybridized carbons (Fsp3) is 0.600. The van der Waals surface area contributed by atoms with Crippen LogP contribution >= 0.6 is 0 Å². The second-order valence-corrected chi connectivity index (χ2v) is 3.62. The van der Waals surface area contributed by atoms with E-state index >= 15 is 0 Å². The summed E-state index contributed by atoms with van der Waals surface area (Å²) >= 11 is 0. The van der Waals surface area contributed by atoms with Gasteiger partial charge in [0.25, 0.3) is 0 Å². The van der Waals surface area contributed by atoms with Gasteiger partial charge >= 0.3 is 0 Å². The molecule has 0 aliphatic heterocycles. The van der Waals surface area contributed by atoms with E-state index in [1.807, 2.05) is 0 Å². The predicted octanol–water partition coefficient (Wildman–Crippen LogP) is 3.11. The molecular formula is C10H15Yb-. The molecule has 0 bridgehead atoms. The van der Waals surface area contributed by atoms with Crippen molar-refractivity contribution in [2.45, 2.75) is 34.6 Å². The minimum atomic E-state index is 0. The maximum atomic E-state index is 3.44. The van der Waals surface area contributed by atoms with E-state index in [4.69, 9.17) is 0 Å². The third-order valence-corrected chi connectivity index (χ3v) is 2.56. The largest absolute Gasteiger partial charge is 0.263 e. The van der Waals surface area contributed by atoms with Gasteiger partial charge in [0, 0.05) is 46.9 Å². The van der Waals surface area contributed by atoms with E-state index in [9.17, 15) is 0 Å². The summed E-state index contributed by atoms with van der Waals surface area (Å²) in [6, 6.07) is 0. The van der Waals surface area contributed by atoms with E-state index in [1.54, 1.807) is 0 Å². The topological polar surface area (TPSA) is 0 Å². The van der Waals surface area contributed by atoms with Crippen LogP contribution in [-0.4, -0.2) is 0 Å². The second-order valence-electron chi connectivity index (χ2n) is 3.62. The van der Waals surface area contributed by atoms with Crippen molar-refractivity contribution >= 4 is 0 Å². The molecule has 0 nitrogen and oxygen atoms in total. The van der Waals surface area contributed by atoms with Crippen molar-refractivity contribution in [3.8, 4) is 0 Å². The second kappa shape index (κ2) is 3.81. The SMILES string of the molecule is CC1=[C-]C(C)(C)C(C)=C1C.[Yb]. The van der Waals surface area contributed by atoms with Crippen molar-refractivity contribution in [3.63, 3.8) is 0 Å². The summed E-state index contributed by atoms with van der Waals surface area (Å²) in [5.41, 5.74) is 4.39. The van der Waals surface area contributed by atoms with E-state index in [0.29, 0.717) is 0 Å². The van der Waals surface area contributed by atoms with Crippen LogP contribution in [0.3, 0.4) is 0 Å². The molecule has 1 heteroatoms. The first-order chi connectivity index (χ1) is 4.45. The number of allylic oxidation sites excluding steroid dienone is 4. The van der Waals surface area contributed by atoms with Gasteiger partial charge in [-0.05, 0) is 0 Å². The third-order valence-electron chi connectivity index (χ3n) is 2.56. The minimum absolute atomic E-state index is 0. The molecule has 0 amide bonds. The first kappa shape index (κ1) is 12.0. The minimum Gasteiger partial charge on any atom is -0.263 e. The van der Waals surface area contributed by atoms with Gasteiger partial charge in [0.15, 0.2) is 0 Å². The van der Waals surface area contributed by atoms with Crippen LogP contribution in [0.2, 0.25) is 0 Å². The molecule has 0 spiro atoms.